The summed E-state index contributed by atoms with van der Waals surface area (Å²) in [6.45, 7) is 3.10. The first-order valence-electron chi connectivity index (χ1n) is 6.94. The van der Waals surface area contributed by atoms with Gasteiger partial charge < -0.3 is 10.6 Å². The van der Waals surface area contributed by atoms with E-state index in [0.717, 1.165) is 13.1 Å². The van der Waals surface area contributed by atoms with Crippen molar-refractivity contribution in [2.75, 3.05) is 32.7 Å². The molecule has 114 valence electrons. The summed E-state index contributed by atoms with van der Waals surface area (Å²) in [5, 5.41) is 14.8. The predicted octanol–water partition coefficient (Wildman–Crippen LogP) is -0.804. The Morgan fingerprint density at radius 3 is 2.52 bits per heavy atom. The lowest BCUT2D eigenvalue weighted by molar-refractivity contribution is -0.134. The van der Waals surface area contributed by atoms with Crippen molar-refractivity contribution >= 4 is 11.8 Å². The Morgan fingerprint density at radius 2 is 1.90 bits per heavy atom. The number of carbonyl (C=O) groups is 2. The van der Waals surface area contributed by atoms with Crippen molar-refractivity contribution in [1.82, 2.24) is 21.0 Å². The highest BCUT2D eigenvalue weighted by Gasteiger charge is 2.27. The molecular weight excluding hydrogens is 272 g/mol. The third-order valence-corrected chi connectivity index (χ3v) is 3.50. The Hall–Kier alpha value is -1.96. The number of nitrogens with one attached hydrogen (secondary N) is 3. The quantitative estimate of drug-likeness (QED) is 0.421. The lowest BCUT2D eigenvalue weighted by Gasteiger charge is -2.33. The van der Waals surface area contributed by atoms with Crippen LogP contribution in [0.4, 0.5) is 0 Å². The smallest absolute Gasteiger partial charge is 0.262 e. The number of piperazine rings is 1. The molecule has 1 aliphatic heterocycles. The number of amides is 2. The van der Waals surface area contributed by atoms with E-state index in [9.17, 15) is 9.59 Å². The summed E-state index contributed by atoms with van der Waals surface area (Å²) in [6, 6.07) is 8.23. The molecule has 4 N–H and O–H groups in total. The normalized spacial score (nSPS) is 17.0. The third-order valence-electron chi connectivity index (χ3n) is 3.50. The molecule has 1 aliphatic rings. The average molecular weight is 292 g/mol. The molecule has 1 aromatic carbocycles. The van der Waals surface area contributed by atoms with Gasteiger partial charge in [0.15, 0.2) is 0 Å². The van der Waals surface area contributed by atoms with Gasteiger partial charge in [-0.3, -0.25) is 19.7 Å². The van der Waals surface area contributed by atoms with E-state index in [1.54, 1.807) is 29.7 Å². The van der Waals surface area contributed by atoms with Crippen LogP contribution < -0.4 is 16.1 Å². The number of hydrogen-bond acceptors (Lipinski definition) is 5. The monoisotopic (exact) mass is 292 g/mol. The molecular formula is C14H20N4O3. The Kier molecular flexibility index (Phi) is 5.68. The van der Waals surface area contributed by atoms with Crippen LogP contribution in [0.1, 0.15) is 10.4 Å². The van der Waals surface area contributed by atoms with Crippen LogP contribution in [0, 0.1) is 0 Å². The van der Waals surface area contributed by atoms with E-state index in [4.69, 9.17) is 5.21 Å². The molecule has 0 aliphatic carbocycles. The Labute approximate surface area is 123 Å². The van der Waals surface area contributed by atoms with Gasteiger partial charge in [0.1, 0.15) is 6.04 Å². The molecule has 2 rings (SSSR count). The molecule has 1 fully saturated rings. The number of nitrogens with zero attached hydrogens (tertiary/aromatic N) is 1. The highest BCUT2D eigenvalue weighted by atomic mass is 16.5. The summed E-state index contributed by atoms with van der Waals surface area (Å²) in [4.78, 5) is 25.7. The zero-order valence-corrected chi connectivity index (χ0v) is 11.7. The van der Waals surface area contributed by atoms with E-state index < -0.39 is 11.9 Å². The average Bonchev–Trinajstić information content (AvgIpc) is 2.56. The van der Waals surface area contributed by atoms with Gasteiger partial charge >= 0.3 is 0 Å². The molecule has 0 saturated carbocycles. The topological polar surface area (TPSA) is 93.7 Å². The summed E-state index contributed by atoms with van der Waals surface area (Å²) >= 11 is 0. The summed E-state index contributed by atoms with van der Waals surface area (Å²) < 4.78 is 0. The van der Waals surface area contributed by atoms with Gasteiger partial charge in [-0.1, -0.05) is 18.2 Å². The van der Waals surface area contributed by atoms with Gasteiger partial charge in [0.25, 0.3) is 11.8 Å². The highest BCUT2D eigenvalue weighted by Crippen LogP contribution is 2.03. The Balaban J connectivity index is 1.95. The molecule has 0 bridgehead atoms. The first-order chi connectivity index (χ1) is 10.2. The van der Waals surface area contributed by atoms with Gasteiger partial charge in [-0.2, -0.15) is 0 Å². The largest absolute Gasteiger partial charge is 0.350 e. The van der Waals surface area contributed by atoms with Gasteiger partial charge in [-0.25, -0.2) is 5.48 Å². The maximum atomic E-state index is 12.0. The van der Waals surface area contributed by atoms with Crippen LogP contribution in [-0.4, -0.2) is 60.7 Å². The maximum Gasteiger partial charge on any atom is 0.262 e. The molecule has 7 nitrogen and oxygen atoms in total. The summed E-state index contributed by atoms with van der Waals surface area (Å²) in [5.41, 5.74) is 2.22. The molecule has 2 amide bonds. The van der Waals surface area contributed by atoms with Crippen molar-refractivity contribution in [3.8, 4) is 0 Å². The maximum absolute atomic E-state index is 12.0. The molecule has 21 heavy (non-hydrogen) atoms. The Morgan fingerprint density at radius 1 is 1.24 bits per heavy atom. The van der Waals surface area contributed by atoms with E-state index in [1.807, 2.05) is 11.0 Å². The van der Waals surface area contributed by atoms with E-state index in [2.05, 4.69) is 10.6 Å². The van der Waals surface area contributed by atoms with Crippen LogP contribution >= 0.6 is 0 Å². The lowest BCUT2D eigenvalue weighted by atomic mass is 10.1. The standard InChI is InChI=1S/C14H20N4O3/c19-13(11-4-2-1-3-5-11)16-10-12(14(20)17-21)18-8-6-15-7-9-18/h1-5,12,15,21H,6-10H2,(H,16,19)(H,17,20). The fourth-order valence-corrected chi connectivity index (χ4v) is 2.34. The SMILES string of the molecule is O=C(NCC(C(=O)NO)N1CCNCC1)c1ccccc1. The van der Waals surface area contributed by atoms with Gasteiger partial charge in [0.2, 0.25) is 0 Å². The van der Waals surface area contributed by atoms with Crippen LogP contribution in [0.3, 0.4) is 0 Å². The van der Waals surface area contributed by atoms with Crippen molar-refractivity contribution in [2.24, 2.45) is 0 Å². The summed E-state index contributed by atoms with van der Waals surface area (Å²) in [5.74, 6) is -0.744. The fourth-order valence-electron chi connectivity index (χ4n) is 2.34. The van der Waals surface area contributed by atoms with E-state index >= 15 is 0 Å². The number of carbonyl (C=O) groups excluding carboxylic acids is 2. The van der Waals surface area contributed by atoms with Crippen molar-refractivity contribution in [3.05, 3.63) is 35.9 Å². The molecule has 1 atom stereocenters. The van der Waals surface area contributed by atoms with Gasteiger partial charge in [0, 0.05) is 38.3 Å². The van der Waals surface area contributed by atoms with E-state index in [0.29, 0.717) is 18.7 Å². The molecule has 1 unspecified atom stereocenters. The fraction of sp³-hybridized carbons (Fsp3) is 0.429. The van der Waals surface area contributed by atoms with Crippen LogP contribution in [0.25, 0.3) is 0 Å². The number of hydroxylamine groups is 1. The van der Waals surface area contributed by atoms with Crippen molar-refractivity contribution in [3.63, 3.8) is 0 Å². The number of rotatable bonds is 5. The van der Waals surface area contributed by atoms with E-state index in [1.165, 1.54) is 0 Å². The highest BCUT2D eigenvalue weighted by molar-refractivity contribution is 5.94. The second-order valence-electron chi connectivity index (χ2n) is 4.85. The van der Waals surface area contributed by atoms with Crippen LogP contribution in [0.15, 0.2) is 30.3 Å². The number of benzene rings is 1. The zero-order valence-electron chi connectivity index (χ0n) is 11.7. The second-order valence-corrected chi connectivity index (χ2v) is 4.85. The molecule has 1 saturated heterocycles. The van der Waals surface area contributed by atoms with Crippen LogP contribution in [0.5, 0.6) is 0 Å². The third kappa shape index (κ3) is 4.25. The first kappa shape index (κ1) is 15.4. The Bertz CT molecular complexity index is 474. The zero-order chi connectivity index (χ0) is 15.1. The van der Waals surface area contributed by atoms with Gasteiger partial charge in [-0.05, 0) is 12.1 Å². The predicted molar refractivity (Wildman–Crippen MR) is 76.9 cm³/mol. The minimum atomic E-state index is -0.579. The number of hydrogen-bond donors (Lipinski definition) is 4. The summed E-state index contributed by atoms with van der Waals surface area (Å²) in [7, 11) is 0. The first-order valence-corrected chi connectivity index (χ1v) is 6.94. The van der Waals surface area contributed by atoms with Crippen LogP contribution in [0.2, 0.25) is 0 Å². The molecule has 7 heteroatoms. The lowest BCUT2D eigenvalue weighted by Crippen LogP contribution is -2.57. The molecule has 1 heterocycles. The van der Waals surface area contributed by atoms with Crippen molar-refractivity contribution < 1.29 is 14.8 Å². The van der Waals surface area contributed by atoms with Gasteiger partial charge in [0.05, 0.1) is 0 Å². The second kappa shape index (κ2) is 7.72. The van der Waals surface area contributed by atoms with Gasteiger partial charge in [-0.15, -0.1) is 0 Å². The molecule has 1 aromatic rings. The molecule has 0 aromatic heterocycles. The summed E-state index contributed by atoms with van der Waals surface area (Å²) in [6.07, 6.45) is 0. The van der Waals surface area contributed by atoms with Crippen molar-refractivity contribution in [1.29, 1.82) is 0 Å². The minimum Gasteiger partial charge on any atom is -0.350 e. The van der Waals surface area contributed by atoms with Crippen LogP contribution in [-0.2, 0) is 4.79 Å². The molecule has 0 spiro atoms. The van der Waals surface area contributed by atoms with Crippen molar-refractivity contribution in [2.45, 2.75) is 6.04 Å². The van der Waals surface area contributed by atoms with E-state index in [-0.39, 0.29) is 12.5 Å². The minimum absolute atomic E-state index is 0.153. The molecule has 0 radical (unpaired) electrons.